The first-order valence-corrected chi connectivity index (χ1v) is 16.8. The fourth-order valence-corrected chi connectivity index (χ4v) is 6.08. The van der Waals surface area contributed by atoms with Crippen LogP contribution < -0.4 is 43.8 Å². The van der Waals surface area contributed by atoms with Gasteiger partial charge < -0.3 is 48.6 Å². The zero-order chi connectivity index (χ0) is 35.7. The molecule has 12 nitrogen and oxygen atoms in total. The Labute approximate surface area is 297 Å². The third-order valence-corrected chi connectivity index (χ3v) is 8.80. The summed E-state index contributed by atoms with van der Waals surface area (Å²) >= 11 is 0. The molecule has 4 aromatic carbocycles. The van der Waals surface area contributed by atoms with Gasteiger partial charge in [0.25, 0.3) is 5.91 Å². The number of hydrogen-bond acceptors (Lipinski definition) is 11. The van der Waals surface area contributed by atoms with E-state index in [2.05, 4.69) is 15.8 Å². The van der Waals surface area contributed by atoms with Crippen LogP contribution in [0.5, 0.6) is 40.2 Å². The number of oxime groups is 1. The normalized spacial score (nSPS) is 16.1. The van der Waals surface area contributed by atoms with Crippen LogP contribution in [-0.2, 0) is 4.84 Å². The van der Waals surface area contributed by atoms with Crippen LogP contribution in [0.2, 0.25) is 0 Å². The maximum atomic E-state index is 12.6. The van der Waals surface area contributed by atoms with E-state index in [9.17, 15) is 4.79 Å². The lowest BCUT2D eigenvalue weighted by atomic mass is 9.99. The van der Waals surface area contributed by atoms with Crippen molar-refractivity contribution < 1.29 is 42.8 Å². The Balaban J connectivity index is 0.976. The Kier molecular flexibility index (Phi) is 11.2. The number of fused-ring (bicyclic) bond motifs is 1. The molecule has 2 heterocycles. The van der Waals surface area contributed by atoms with E-state index in [1.54, 1.807) is 41.6 Å². The minimum absolute atomic E-state index is 0.121. The van der Waals surface area contributed by atoms with Crippen molar-refractivity contribution in [1.29, 1.82) is 0 Å². The molecule has 4 aromatic rings. The molecule has 12 heteroatoms. The quantitative estimate of drug-likeness (QED) is 0.117. The third-order valence-electron chi connectivity index (χ3n) is 8.80. The molecule has 51 heavy (non-hydrogen) atoms. The second kappa shape index (κ2) is 16.3. The van der Waals surface area contributed by atoms with Gasteiger partial charge >= 0.3 is 0 Å². The Morgan fingerprint density at radius 1 is 0.667 bits per heavy atom. The molecule has 2 atom stereocenters. The number of unbranched alkanes of at least 4 members (excludes halogenated alkanes) is 2. The van der Waals surface area contributed by atoms with E-state index >= 15 is 0 Å². The molecule has 1 unspecified atom stereocenters. The van der Waals surface area contributed by atoms with Gasteiger partial charge in [-0.25, -0.2) is 0 Å². The van der Waals surface area contributed by atoms with Crippen LogP contribution in [0.4, 0.5) is 5.69 Å². The zero-order valence-electron chi connectivity index (χ0n) is 29.4. The molecule has 2 N–H and O–H groups in total. The van der Waals surface area contributed by atoms with Crippen LogP contribution in [0.1, 0.15) is 65.0 Å². The SMILES string of the molecule is COc1cc([C@@H]2NC(=O)c3ccccc3N2)ccc1OCCCCCOc1cc(C2CC(c3cc(OC)c(OC)c(OC)c3)=NO2)ccc1OC. The fourth-order valence-electron chi connectivity index (χ4n) is 6.08. The molecule has 2 aliphatic rings. The first-order chi connectivity index (χ1) is 25.0. The Morgan fingerprint density at radius 2 is 1.31 bits per heavy atom. The van der Waals surface area contributed by atoms with E-state index in [0.29, 0.717) is 65.4 Å². The van der Waals surface area contributed by atoms with E-state index in [1.165, 1.54) is 0 Å². The predicted octanol–water partition coefficient (Wildman–Crippen LogP) is 7.08. The molecule has 0 aliphatic carbocycles. The number of methoxy groups -OCH3 is 5. The molecule has 0 bridgehead atoms. The van der Waals surface area contributed by atoms with Gasteiger partial charge in [0.05, 0.1) is 60.0 Å². The lowest BCUT2D eigenvalue weighted by Crippen LogP contribution is -2.38. The molecular weight excluding hydrogens is 654 g/mol. The summed E-state index contributed by atoms with van der Waals surface area (Å²) in [6.07, 6.45) is 2.46. The van der Waals surface area contributed by atoms with Crippen molar-refractivity contribution in [1.82, 2.24) is 5.32 Å². The number of ether oxygens (including phenoxy) is 7. The number of carbonyl (C=O) groups is 1. The zero-order valence-corrected chi connectivity index (χ0v) is 29.4. The molecule has 1 amide bonds. The molecule has 6 rings (SSSR count). The number of nitrogens with one attached hydrogen (secondary N) is 2. The maximum absolute atomic E-state index is 12.6. The second-order valence-electron chi connectivity index (χ2n) is 11.9. The summed E-state index contributed by atoms with van der Waals surface area (Å²) in [7, 11) is 7.97. The molecule has 0 fully saturated rings. The van der Waals surface area contributed by atoms with Gasteiger partial charge in [-0.1, -0.05) is 29.4 Å². The Morgan fingerprint density at radius 3 is 2.02 bits per heavy atom. The standard InChI is InChI=1S/C39H43N3O9/c1-44-30-15-13-24(32-23-29(42-51-32)26-21-35(46-3)37(48-5)36(22-26)47-4)19-34(30)50-18-10-6-9-17-49-31-16-14-25(20-33(31)45-2)38-40-28-12-8-7-11-27(28)39(43)41-38/h7-8,11-16,19-22,32,38,40H,6,9-10,17-18,23H2,1-5H3,(H,41,43)/t32?,38-/m0/s1. The highest BCUT2D eigenvalue weighted by Crippen LogP contribution is 2.41. The van der Waals surface area contributed by atoms with Crippen LogP contribution >= 0.6 is 0 Å². The van der Waals surface area contributed by atoms with Gasteiger partial charge in [-0.2, -0.15) is 0 Å². The summed E-state index contributed by atoms with van der Waals surface area (Å²) in [5.74, 6) is 4.04. The Hall–Kier alpha value is -5.78. The van der Waals surface area contributed by atoms with Gasteiger partial charge in [0.15, 0.2) is 40.6 Å². The van der Waals surface area contributed by atoms with Crippen molar-refractivity contribution >= 4 is 17.3 Å². The van der Waals surface area contributed by atoms with E-state index in [1.807, 2.05) is 66.7 Å². The highest BCUT2D eigenvalue weighted by molar-refractivity contribution is 6.02. The van der Waals surface area contributed by atoms with Gasteiger partial charge in [-0.3, -0.25) is 4.79 Å². The van der Waals surface area contributed by atoms with Crippen molar-refractivity contribution in [2.24, 2.45) is 5.16 Å². The molecule has 0 aromatic heterocycles. The average molecular weight is 698 g/mol. The van der Waals surface area contributed by atoms with Crippen LogP contribution in [0.3, 0.4) is 0 Å². The molecule has 0 radical (unpaired) electrons. The first-order valence-electron chi connectivity index (χ1n) is 16.8. The summed E-state index contributed by atoms with van der Waals surface area (Å²) in [6.45, 7) is 1.04. The average Bonchev–Trinajstić information content (AvgIpc) is 3.67. The summed E-state index contributed by atoms with van der Waals surface area (Å²) in [5, 5.41) is 10.7. The highest BCUT2D eigenvalue weighted by atomic mass is 16.6. The van der Waals surface area contributed by atoms with Crippen LogP contribution in [-0.4, -0.2) is 60.4 Å². The smallest absolute Gasteiger partial charge is 0.255 e. The van der Waals surface area contributed by atoms with E-state index < -0.39 is 0 Å². The van der Waals surface area contributed by atoms with E-state index in [0.717, 1.165) is 47.4 Å². The number of rotatable bonds is 16. The fraction of sp³-hybridized carbons (Fsp3) is 0.333. The summed E-state index contributed by atoms with van der Waals surface area (Å²) in [6, 6.07) is 22.6. The number of para-hydroxylation sites is 1. The molecule has 0 saturated carbocycles. The lowest BCUT2D eigenvalue weighted by molar-refractivity contribution is 0.0854. The number of carbonyl (C=O) groups excluding carboxylic acids is 1. The predicted molar refractivity (Wildman–Crippen MR) is 192 cm³/mol. The van der Waals surface area contributed by atoms with Gasteiger partial charge in [0, 0.05) is 17.7 Å². The Bertz CT molecular complexity index is 1850. The van der Waals surface area contributed by atoms with Crippen LogP contribution in [0.15, 0.2) is 78.0 Å². The molecule has 0 saturated heterocycles. The molecule has 2 aliphatic heterocycles. The minimum atomic E-state index is -0.375. The second-order valence-corrected chi connectivity index (χ2v) is 11.9. The third kappa shape index (κ3) is 7.85. The highest BCUT2D eigenvalue weighted by Gasteiger charge is 2.28. The lowest BCUT2D eigenvalue weighted by Gasteiger charge is -2.28. The summed E-state index contributed by atoms with van der Waals surface area (Å²) in [4.78, 5) is 18.4. The van der Waals surface area contributed by atoms with Gasteiger partial charge in [0.2, 0.25) is 5.75 Å². The van der Waals surface area contributed by atoms with Crippen molar-refractivity contribution in [3.8, 4) is 40.2 Å². The molecule has 268 valence electrons. The maximum Gasteiger partial charge on any atom is 0.255 e. The topological polar surface area (TPSA) is 127 Å². The number of nitrogens with zero attached hydrogens (tertiary/aromatic N) is 1. The van der Waals surface area contributed by atoms with Crippen molar-refractivity contribution in [3.63, 3.8) is 0 Å². The number of benzene rings is 4. The van der Waals surface area contributed by atoms with Crippen molar-refractivity contribution in [2.75, 3.05) is 54.1 Å². The number of amides is 1. The monoisotopic (exact) mass is 697 g/mol. The summed E-state index contributed by atoms with van der Waals surface area (Å²) < 4.78 is 39.9. The summed E-state index contributed by atoms with van der Waals surface area (Å²) in [5.41, 5.74) is 4.81. The van der Waals surface area contributed by atoms with Crippen molar-refractivity contribution in [2.45, 2.75) is 38.0 Å². The van der Waals surface area contributed by atoms with Gasteiger partial charge in [0.1, 0.15) is 6.17 Å². The van der Waals surface area contributed by atoms with Crippen LogP contribution in [0, 0.1) is 0 Å². The molecular formula is C39H43N3O9. The van der Waals surface area contributed by atoms with Gasteiger partial charge in [-0.15, -0.1) is 0 Å². The van der Waals surface area contributed by atoms with Crippen LogP contribution in [0.25, 0.3) is 0 Å². The minimum Gasteiger partial charge on any atom is -0.493 e. The largest absolute Gasteiger partial charge is 0.493 e. The van der Waals surface area contributed by atoms with Crippen molar-refractivity contribution in [3.05, 3.63) is 95.1 Å². The first kappa shape index (κ1) is 35.1. The number of hydrogen-bond donors (Lipinski definition) is 2. The van der Waals surface area contributed by atoms with E-state index in [-0.39, 0.29) is 18.2 Å². The van der Waals surface area contributed by atoms with Gasteiger partial charge in [-0.05, 0) is 78.9 Å². The number of anilines is 1. The molecule has 0 spiro atoms. The van der Waals surface area contributed by atoms with E-state index in [4.69, 9.17) is 38.0 Å².